The maximum Gasteiger partial charge on any atom is 0.335 e. The highest BCUT2D eigenvalue weighted by Gasteiger charge is 2.37. The van der Waals surface area contributed by atoms with Crippen LogP contribution in [0.4, 0.5) is 22.7 Å². The molecule has 1 aliphatic rings. The van der Waals surface area contributed by atoms with E-state index < -0.39 is 16.6 Å². The van der Waals surface area contributed by atoms with Crippen LogP contribution in [0.15, 0.2) is 58.9 Å². The second-order valence-electron chi connectivity index (χ2n) is 6.80. The van der Waals surface area contributed by atoms with E-state index in [1.165, 1.54) is 12.1 Å². The molecule has 8 heteroatoms. The van der Waals surface area contributed by atoms with Crippen molar-refractivity contribution in [1.82, 2.24) is 0 Å². The minimum absolute atomic E-state index is 0.00807. The summed E-state index contributed by atoms with van der Waals surface area (Å²) in [5.41, 5.74) is 2.72. The van der Waals surface area contributed by atoms with Gasteiger partial charge in [-0.3, -0.25) is 10.1 Å². The molecular weight excluding hydrogens is 348 g/mol. The van der Waals surface area contributed by atoms with Crippen molar-refractivity contribution < 1.29 is 14.8 Å². The normalized spacial score (nSPS) is 15.2. The van der Waals surface area contributed by atoms with Gasteiger partial charge in [-0.25, -0.2) is 4.79 Å². The molecule has 0 amide bonds. The molecule has 0 atom stereocenters. The second kappa shape index (κ2) is 6.31. The smallest absolute Gasteiger partial charge is 0.335 e. The number of likely N-dealkylation sites (N-methyl/N-ethyl adjacent to an activating group) is 1. The van der Waals surface area contributed by atoms with Gasteiger partial charge >= 0.3 is 5.97 Å². The van der Waals surface area contributed by atoms with Gasteiger partial charge in [0.2, 0.25) is 0 Å². The molecule has 0 radical (unpaired) electrons. The Hall–Kier alpha value is -3.55. The standard InChI is InChI=1S/C19H18N4O4/c1-11-19(2,3)14-10-13(6-8-16(14)22(11)4)20-21-15-7-5-12(18(24)25)9-17(15)23(26)27/h5-10H,1H2,2-4H3,(H,24,25). The Morgan fingerprint density at radius 3 is 2.56 bits per heavy atom. The lowest BCUT2D eigenvalue weighted by Crippen LogP contribution is -2.21. The molecule has 0 spiro atoms. The molecule has 8 nitrogen and oxygen atoms in total. The number of hydrogen-bond acceptors (Lipinski definition) is 6. The highest BCUT2D eigenvalue weighted by molar-refractivity contribution is 5.89. The van der Waals surface area contributed by atoms with Crippen LogP contribution in [0.25, 0.3) is 0 Å². The molecule has 1 N–H and O–H groups in total. The number of hydrogen-bond donors (Lipinski definition) is 1. The summed E-state index contributed by atoms with van der Waals surface area (Å²) in [6.45, 7) is 8.26. The van der Waals surface area contributed by atoms with Crippen molar-refractivity contribution in [2.24, 2.45) is 10.2 Å². The number of nitrogens with zero attached hydrogens (tertiary/aromatic N) is 4. The average molecular weight is 366 g/mol. The van der Waals surface area contributed by atoms with Crippen LogP contribution in [-0.4, -0.2) is 23.0 Å². The maximum atomic E-state index is 11.2. The number of aromatic carboxylic acids is 1. The van der Waals surface area contributed by atoms with Gasteiger partial charge in [0.15, 0.2) is 5.69 Å². The van der Waals surface area contributed by atoms with Gasteiger partial charge in [-0.2, -0.15) is 5.11 Å². The van der Waals surface area contributed by atoms with Gasteiger partial charge in [-0.15, -0.1) is 5.11 Å². The van der Waals surface area contributed by atoms with Crippen LogP contribution in [0.1, 0.15) is 29.8 Å². The molecule has 138 valence electrons. The molecule has 0 saturated heterocycles. The highest BCUT2D eigenvalue weighted by Crippen LogP contribution is 2.47. The molecule has 1 heterocycles. The summed E-state index contributed by atoms with van der Waals surface area (Å²) in [6.07, 6.45) is 0. The summed E-state index contributed by atoms with van der Waals surface area (Å²) in [6, 6.07) is 9.06. The number of allylic oxidation sites excluding steroid dienone is 1. The number of rotatable bonds is 4. The number of carboxylic acids is 1. The molecular formula is C19H18N4O4. The molecule has 0 saturated carbocycles. The van der Waals surface area contributed by atoms with Gasteiger partial charge in [0.25, 0.3) is 5.69 Å². The van der Waals surface area contributed by atoms with Crippen molar-refractivity contribution in [3.05, 3.63) is 69.9 Å². The summed E-state index contributed by atoms with van der Waals surface area (Å²) in [5, 5.41) is 28.3. The maximum absolute atomic E-state index is 11.2. The summed E-state index contributed by atoms with van der Waals surface area (Å²) in [5.74, 6) is -1.24. The van der Waals surface area contributed by atoms with Gasteiger partial charge in [-0.1, -0.05) is 20.4 Å². The highest BCUT2D eigenvalue weighted by atomic mass is 16.6. The van der Waals surface area contributed by atoms with E-state index in [4.69, 9.17) is 5.11 Å². The zero-order chi connectivity index (χ0) is 19.9. The fraction of sp³-hybridized carbons (Fsp3) is 0.211. The first-order chi connectivity index (χ1) is 12.6. The predicted octanol–water partition coefficient (Wildman–Crippen LogP) is 4.95. The zero-order valence-corrected chi connectivity index (χ0v) is 15.1. The quantitative estimate of drug-likeness (QED) is 0.468. The Morgan fingerprint density at radius 1 is 1.22 bits per heavy atom. The molecule has 2 aromatic rings. The van der Waals surface area contributed by atoms with E-state index in [9.17, 15) is 14.9 Å². The van der Waals surface area contributed by atoms with E-state index in [1.807, 2.05) is 24.1 Å². The first kappa shape index (κ1) is 18.2. The molecule has 0 fully saturated rings. The summed E-state index contributed by atoms with van der Waals surface area (Å²) < 4.78 is 0. The van der Waals surface area contributed by atoms with E-state index in [1.54, 1.807) is 6.07 Å². The number of carboxylic acid groups (broad SMARTS) is 1. The molecule has 1 aliphatic heterocycles. The van der Waals surface area contributed by atoms with Gasteiger partial charge in [-0.05, 0) is 35.9 Å². The molecule has 0 aliphatic carbocycles. The SMILES string of the molecule is C=C1N(C)c2ccc(N=Nc3ccc(C(=O)O)cc3[N+](=O)[O-])cc2C1(C)C. The van der Waals surface area contributed by atoms with Crippen LogP contribution in [0.3, 0.4) is 0 Å². The second-order valence-corrected chi connectivity index (χ2v) is 6.80. The Morgan fingerprint density at radius 2 is 1.93 bits per heavy atom. The van der Waals surface area contributed by atoms with Crippen LogP contribution >= 0.6 is 0 Å². The Labute approximate surface area is 155 Å². The number of anilines is 1. The third-order valence-electron chi connectivity index (χ3n) is 4.83. The van der Waals surface area contributed by atoms with Crippen LogP contribution in [0.2, 0.25) is 0 Å². The molecule has 0 aromatic heterocycles. The van der Waals surface area contributed by atoms with Gasteiger partial charge in [0.1, 0.15) is 0 Å². The van der Waals surface area contributed by atoms with Crippen LogP contribution in [0, 0.1) is 10.1 Å². The van der Waals surface area contributed by atoms with E-state index in [0.717, 1.165) is 23.0 Å². The molecule has 0 bridgehead atoms. The monoisotopic (exact) mass is 366 g/mol. The summed E-state index contributed by atoms with van der Waals surface area (Å²) in [4.78, 5) is 23.6. The van der Waals surface area contributed by atoms with Crippen molar-refractivity contribution in [2.75, 3.05) is 11.9 Å². The minimum atomic E-state index is -1.24. The van der Waals surface area contributed by atoms with Crippen LogP contribution in [-0.2, 0) is 5.41 Å². The van der Waals surface area contributed by atoms with E-state index in [0.29, 0.717) is 5.69 Å². The van der Waals surface area contributed by atoms with Crippen molar-refractivity contribution in [3.63, 3.8) is 0 Å². The van der Waals surface area contributed by atoms with Crippen molar-refractivity contribution in [2.45, 2.75) is 19.3 Å². The molecule has 27 heavy (non-hydrogen) atoms. The van der Waals surface area contributed by atoms with Gasteiger partial charge in [0, 0.05) is 29.9 Å². The zero-order valence-electron chi connectivity index (χ0n) is 15.1. The van der Waals surface area contributed by atoms with E-state index in [-0.39, 0.29) is 16.7 Å². The largest absolute Gasteiger partial charge is 0.478 e. The first-order valence-corrected chi connectivity index (χ1v) is 8.14. The lowest BCUT2D eigenvalue weighted by molar-refractivity contribution is -0.384. The number of fused-ring (bicyclic) bond motifs is 1. The number of nitro groups is 1. The summed E-state index contributed by atoms with van der Waals surface area (Å²) in [7, 11) is 1.95. The third kappa shape index (κ3) is 3.05. The number of carbonyl (C=O) groups is 1. The fourth-order valence-corrected chi connectivity index (χ4v) is 3.10. The van der Waals surface area contributed by atoms with E-state index >= 15 is 0 Å². The number of azo groups is 1. The third-order valence-corrected chi connectivity index (χ3v) is 4.83. The Kier molecular flexibility index (Phi) is 4.27. The minimum Gasteiger partial charge on any atom is -0.478 e. The molecule has 2 aromatic carbocycles. The first-order valence-electron chi connectivity index (χ1n) is 8.14. The molecule has 0 unspecified atom stereocenters. The Balaban J connectivity index is 1.99. The van der Waals surface area contributed by atoms with Crippen LogP contribution < -0.4 is 4.90 Å². The Bertz CT molecular complexity index is 1010. The lowest BCUT2D eigenvalue weighted by atomic mass is 9.84. The lowest BCUT2D eigenvalue weighted by Gasteiger charge is -2.22. The van der Waals surface area contributed by atoms with Crippen molar-refractivity contribution in [3.8, 4) is 0 Å². The number of benzene rings is 2. The average Bonchev–Trinajstić information content (AvgIpc) is 2.80. The van der Waals surface area contributed by atoms with Crippen LogP contribution in [0.5, 0.6) is 0 Å². The fourth-order valence-electron chi connectivity index (χ4n) is 3.10. The van der Waals surface area contributed by atoms with Crippen molar-refractivity contribution >= 4 is 28.7 Å². The topological polar surface area (TPSA) is 108 Å². The predicted molar refractivity (Wildman–Crippen MR) is 101 cm³/mol. The van der Waals surface area contributed by atoms with Crippen molar-refractivity contribution in [1.29, 1.82) is 0 Å². The molecule has 3 rings (SSSR count). The summed E-state index contributed by atoms with van der Waals surface area (Å²) >= 11 is 0. The van der Waals surface area contributed by atoms with Gasteiger partial charge < -0.3 is 10.0 Å². The van der Waals surface area contributed by atoms with Gasteiger partial charge in [0.05, 0.1) is 16.2 Å². The van der Waals surface area contributed by atoms with E-state index in [2.05, 4.69) is 30.7 Å². The number of nitro benzene ring substituents is 1.